The second kappa shape index (κ2) is 6.64. The highest BCUT2D eigenvalue weighted by Crippen LogP contribution is 2.21. The standard InChI is InChI=1S/C17H19NO5/c1-9-4-5-12-10(2)13(17(21)23-14(12)8-9)6-7-15(19)22-11(3)16(18)20/h4-5,8,11H,6-7H2,1-3H3,(H2,18,20)/t11-/m0/s1. The van der Waals surface area contributed by atoms with E-state index in [9.17, 15) is 14.4 Å². The topological polar surface area (TPSA) is 99.6 Å². The van der Waals surface area contributed by atoms with Gasteiger partial charge < -0.3 is 14.9 Å². The van der Waals surface area contributed by atoms with Crippen LogP contribution in [0, 0.1) is 13.8 Å². The summed E-state index contributed by atoms with van der Waals surface area (Å²) in [7, 11) is 0. The molecule has 0 aliphatic heterocycles. The number of hydrogen-bond donors (Lipinski definition) is 1. The van der Waals surface area contributed by atoms with Crippen LogP contribution >= 0.6 is 0 Å². The van der Waals surface area contributed by atoms with Crippen molar-refractivity contribution in [2.75, 3.05) is 0 Å². The van der Waals surface area contributed by atoms with Crippen LogP contribution in [-0.2, 0) is 20.7 Å². The van der Waals surface area contributed by atoms with Gasteiger partial charge in [0.15, 0.2) is 6.10 Å². The number of hydrogen-bond acceptors (Lipinski definition) is 5. The first-order chi connectivity index (χ1) is 10.8. The van der Waals surface area contributed by atoms with Gasteiger partial charge in [-0.05, 0) is 44.4 Å². The van der Waals surface area contributed by atoms with E-state index in [0.29, 0.717) is 11.1 Å². The Morgan fingerprint density at radius 2 is 2.00 bits per heavy atom. The first-order valence-electron chi connectivity index (χ1n) is 7.31. The molecule has 1 atom stereocenters. The Balaban J connectivity index is 2.21. The summed E-state index contributed by atoms with van der Waals surface area (Å²) in [4.78, 5) is 34.7. The van der Waals surface area contributed by atoms with Crippen LogP contribution in [0.25, 0.3) is 11.0 Å². The number of carbonyl (C=O) groups is 2. The van der Waals surface area contributed by atoms with Crippen LogP contribution in [0.1, 0.15) is 30.0 Å². The SMILES string of the molecule is Cc1ccc2c(C)c(CCC(=O)O[C@@H](C)C(N)=O)c(=O)oc2c1. The molecule has 1 aromatic heterocycles. The Bertz CT molecular complexity index is 822. The molecule has 1 aromatic carbocycles. The van der Waals surface area contributed by atoms with Crippen molar-refractivity contribution in [2.24, 2.45) is 5.73 Å². The van der Waals surface area contributed by atoms with Crippen molar-refractivity contribution in [3.63, 3.8) is 0 Å². The first-order valence-corrected chi connectivity index (χ1v) is 7.31. The van der Waals surface area contributed by atoms with Gasteiger partial charge in [-0.25, -0.2) is 4.79 Å². The van der Waals surface area contributed by atoms with Crippen molar-refractivity contribution in [1.29, 1.82) is 0 Å². The van der Waals surface area contributed by atoms with E-state index in [1.54, 1.807) is 6.07 Å². The second-order valence-electron chi connectivity index (χ2n) is 5.53. The van der Waals surface area contributed by atoms with Gasteiger partial charge in [-0.1, -0.05) is 12.1 Å². The summed E-state index contributed by atoms with van der Waals surface area (Å²) in [5.41, 5.74) is 7.32. The number of esters is 1. The van der Waals surface area contributed by atoms with E-state index in [0.717, 1.165) is 16.5 Å². The van der Waals surface area contributed by atoms with Gasteiger partial charge in [0.05, 0.1) is 0 Å². The van der Waals surface area contributed by atoms with Crippen molar-refractivity contribution in [3.8, 4) is 0 Å². The molecule has 0 unspecified atom stereocenters. The third-order valence-electron chi connectivity index (χ3n) is 3.73. The van der Waals surface area contributed by atoms with Gasteiger partial charge in [0.2, 0.25) is 0 Å². The number of benzene rings is 1. The molecule has 0 aliphatic rings. The summed E-state index contributed by atoms with van der Waals surface area (Å²) in [5, 5.41) is 0.837. The minimum atomic E-state index is -0.986. The van der Waals surface area contributed by atoms with Gasteiger partial charge >= 0.3 is 11.6 Å². The molecule has 2 N–H and O–H groups in total. The second-order valence-corrected chi connectivity index (χ2v) is 5.53. The molecule has 6 heteroatoms. The molecular formula is C17H19NO5. The van der Waals surface area contributed by atoms with Gasteiger partial charge in [0.25, 0.3) is 5.91 Å². The molecule has 0 spiro atoms. The fourth-order valence-corrected chi connectivity index (χ4v) is 2.33. The number of carbonyl (C=O) groups excluding carboxylic acids is 2. The van der Waals surface area contributed by atoms with E-state index in [1.807, 2.05) is 26.0 Å². The monoisotopic (exact) mass is 317 g/mol. The van der Waals surface area contributed by atoms with Crippen LogP contribution in [0.2, 0.25) is 0 Å². The predicted molar refractivity (Wildman–Crippen MR) is 85.0 cm³/mol. The van der Waals surface area contributed by atoms with Gasteiger partial charge in [0, 0.05) is 17.4 Å². The fraction of sp³-hybridized carbons (Fsp3) is 0.353. The van der Waals surface area contributed by atoms with Crippen molar-refractivity contribution in [1.82, 2.24) is 0 Å². The largest absolute Gasteiger partial charge is 0.453 e. The molecule has 0 saturated carbocycles. The number of amides is 1. The summed E-state index contributed by atoms with van der Waals surface area (Å²) < 4.78 is 10.2. The Labute approximate surface area is 133 Å². The molecule has 0 fully saturated rings. The number of aryl methyl sites for hydroxylation is 2. The highest BCUT2D eigenvalue weighted by atomic mass is 16.5. The maximum absolute atomic E-state index is 12.1. The molecule has 2 aromatic rings. The summed E-state index contributed by atoms with van der Waals surface area (Å²) in [6.45, 7) is 5.14. The third kappa shape index (κ3) is 3.77. The van der Waals surface area contributed by atoms with Crippen LogP contribution in [0.5, 0.6) is 0 Å². The van der Waals surface area contributed by atoms with Crippen molar-refractivity contribution in [2.45, 2.75) is 39.7 Å². The Kier molecular flexibility index (Phi) is 4.83. The average molecular weight is 317 g/mol. The van der Waals surface area contributed by atoms with Crippen LogP contribution in [-0.4, -0.2) is 18.0 Å². The van der Waals surface area contributed by atoms with Gasteiger partial charge in [-0.3, -0.25) is 9.59 Å². The smallest absolute Gasteiger partial charge is 0.339 e. The predicted octanol–water partition coefficient (Wildman–Crippen LogP) is 1.76. The zero-order valence-corrected chi connectivity index (χ0v) is 13.3. The number of rotatable bonds is 5. The maximum atomic E-state index is 12.1. The van der Waals surface area contributed by atoms with Gasteiger partial charge in [-0.2, -0.15) is 0 Å². The lowest BCUT2D eigenvalue weighted by atomic mass is 10.0. The summed E-state index contributed by atoms with van der Waals surface area (Å²) >= 11 is 0. The molecule has 2 rings (SSSR count). The minimum absolute atomic E-state index is 0.0272. The van der Waals surface area contributed by atoms with Gasteiger partial charge in [0.1, 0.15) is 5.58 Å². The Morgan fingerprint density at radius 3 is 2.65 bits per heavy atom. The average Bonchev–Trinajstić information content (AvgIpc) is 2.46. The molecule has 23 heavy (non-hydrogen) atoms. The summed E-state index contributed by atoms with van der Waals surface area (Å²) in [6.07, 6.45) is -0.831. The summed E-state index contributed by atoms with van der Waals surface area (Å²) in [6, 6.07) is 5.62. The van der Waals surface area contributed by atoms with E-state index in [2.05, 4.69) is 0 Å². The van der Waals surface area contributed by atoms with E-state index in [4.69, 9.17) is 14.9 Å². The number of primary amides is 1. The Hall–Kier alpha value is -2.63. The van der Waals surface area contributed by atoms with E-state index in [1.165, 1.54) is 6.92 Å². The van der Waals surface area contributed by atoms with E-state index < -0.39 is 23.6 Å². The van der Waals surface area contributed by atoms with E-state index >= 15 is 0 Å². The van der Waals surface area contributed by atoms with E-state index in [-0.39, 0.29) is 12.8 Å². The molecule has 0 radical (unpaired) electrons. The van der Waals surface area contributed by atoms with Crippen molar-refractivity contribution in [3.05, 3.63) is 45.3 Å². The lowest BCUT2D eigenvalue weighted by Gasteiger charge is -2.10. The molecule has 122 valence electrons. The zero-order chi connectivity index (χ0) is 17.1. The first kappa shape index (κ1) is 16.7. The Morgan fingerprint density at radius 1 is 1.30 bits per heavy atom. The lowest BCUT2D eigenvalue weighted by molar-refractivity contribution is -0.153. The quantitative estimate of drug-likeness (QED) is 0.669. The van der Waals surface area contributed by atoms with Crippen LogP contribution in [0.3, 0.4) is 0 Å². The van der Waals surface area contributed by atoms with Crippen molar-refractivity contribution < 1.29 is 18.7 Å². The van der Waals surface area contributed by atoms with Crippen LogP contribution in [0.4, 0.5) is 0 Å². The molecule has 1 heterocycles. The maximum Gasteiger partial charge on any atom is 0.339 e. The number of ether oxygens (including phenoxy) is 1. The highest BCUT2D eigenvalue weighted by molar-refractivity contribution is 5.83. The molecule has 1 amide bonds. The van der Waals surface area contributed by atoms with Crippen molar-refractivity contribution >= 4 is 22.8 Å². The fourth-order valence-electron chi connectivity index (χ4n) is 2.33. The zero-order valence-electron chi connectivity index (χ0n) is 13.3. The number of fused-ring (bicyclic) bond motifs is 1. The van der Waals surface area contributed by atoms with Crippen LogP contribution in [0.15, 0.2) is 27.4 Å². The molecule has 0 aliphatic carbocycles. The summed E-state index contributed by atoms with van der Waals surface area (Å²) in [5.74, 6) is -1.30. The van der Waals surface area contributed by atoms with Crippen LogP contribution < -0.4 is 11.4 Å². The molecule has 0 saturated heterocycles. The van der Waals surface area contributed by atoms with Gasteiger partial charge in [-0.15, -0.1) is 0 Å². The lowest BCUT2D eigenvalue weighted by Crippen LogP contribution is -2.30. The molecule has 0 bridgehead atoms. The normalized spacial score (nSPS) is 12.1. The molecular weight excluding hydrogens is 298 g/mol. The number of nitrogens with two attached hydrogens (primary N) is 1. The highest BCUT2D eigenvalue weighted by Gasteiger charge is 2.17. The minimum Gasteiger partial charge on any atom is -0.453 e. The molecule has 6 nitrogen and oxygen atoms in total. The third-order valence-corrected chi connectivity index (χ3v) is 3.73.